The summed E-state index contributed by atoms with van der Waals surface area (Å²) < 4.78 is 12.1. The average Bonchev–Trinajstić information content (AvgIpc) is 2.95. The molecular weight excluding hydrogens is 300 g/mol. The van der Waals surface area contributed by atoms with Crippen LogP contribution in [0.25, 0.3) is 11.0 Å². The molecule has 3 heterocycles. The van der Waals surface area contributed by atoms with Crippen molar-refractivity contribution in [2.75, 3.05) is 0 Å². The van der Waals surface area contributed by atoms with Gasteiger partial charge in [0.15, 0.2) is 0 Å². The Kier molecular flexibility index (Phi) is 2.79. The van der Waals surface area contributed by atoms with Gasteiger partial charge in [0, 0.05) is 24.0 Å². The molecule has 3 aromatic rings. The summed E-state index contributed by atoms with van der Waals surface area (Å²) in [5, 5.41) is 18.4. The Hall–Kier alpha value is -2.74. The maximum absolute atomic E-state index is 12.2. The second-order valence-corrected chi connectivity index (χ2v) is 6.06. The van der Waals surface area contributed by atoms with Crippen LogP contribution >= 0.6 is 0 Å². The monoisotopic (exact) mass is 314 g/mol. The quantitative estimate of drug-likeness (QED) is 0.711. The summed E-state index contributed by atoms with van der Waals surface area (Å²) in [4.78, 5) is 16.0. The molecule has 4 rings (SSSR count). The second kappa shape index (κ2) is 4.63. The molecule has 0 radical (unpaired) electrons. The van der Waals surface area contributed by atoms with E-state index in [1.165, 1.54) is 17.0 Å². The van der Waals surface area contributed by atoms with Crippen LogP contribution in [0.1, 0.15) is 25.5 Å². The number of fused-ring (bicyclic) bond motifs is 2. The zero-order valence-electron chi connectivity index (χ0n) is 12.5. The van der Waals surface area contributed by atoms with Crippen LogP contribution in [0, 0.1) is 0 Å². The first-order valence-electron chi connectivity index (χ1n) is 7.13. The van der Waals surface area contributed by atoms with E-state index in [4.69, 9.17) is 9.37 Å². The van der Waals surface area contributed by atoms with Gasteiger partial charge < -0.3 is 14.4 Å². The van der Waals surface area contributed by atoms with Gasteiger partial charge in [-0.25, -0.2) is 4.63 Å². The predicted molar refractivity (Wildman–Crippen MR) is 79.2 cm³/mol. The molecule has 0 amide bonds. The molecular formula is C15H14N4O4. The van der Waals surface area contributed by atoms with Crippen LogP contribution in [-0.2, 0) is 0 Å². The summed E-state index contributed by atoms with van der Waals surface area (Å²) in [6, 6.07) is 2.80. The maximum atomic E-state index is 12.2. The SMILES string of the molecule is CC1(C)Oc2cc3nonc3cc2C(n2ccncc2=O)C1O. The minimum atomic E-state index is -0.938. The molecule has 0 saturated heterocycles. The van der Waals surface area contributed by atoms with Crippen LogP contribution in [0.5, 0.6) is 5.75 Å². The van der Waals surface area contributed by atoms with E-state index in [1.54, 1.807) is 32.2 Å². The Morgan fingerprint density at radius 2 is 2.00 bits per heavy atom. The molecule has 0 aliphatic carbocycles. The van der Waals surface area contributed by atoms with Crippen molar-refractivity contribution < 1.29 is 14.5 Å². The molecule has 1 N–H and O–H groups in total. The third kappa shape index (κ3) is 2.02. The first-order chi connectivity index (χ1) is 11.0. The van der Waals surface area contributed by atoms with Crippen molar-refractivity contribution in [3.05, 3.63) is 46.6 Å². The van der Waals surface area contributed by atoms with Gasteiger partial charge in [-0.05, 0) is 30.2 Å². The van der Waals surface area contributed by atoms with E-state index in [-0.39, 0.29) is 5.56 Å². The lowest BCUT2D eigenvalue weighted by Gasteiger charge is -2.42. The fraction of sp³-hybridized carbons (Fsp3) is 0.333. The molecule has 2 unspecified atom stereocenters. The number of nitrogens with zero attached hydrogens (tertiary/aromatic N) is 4. The highest BCUT2D eigenvalue weighted by atomic mass is 16.6. The number of aliphatic hydroxyl groups excluding tert-OH is 1. The standard InChI is InChI=1S/C15H14N4O4/c1-15(2)14(21)13(19-4-3-16-7-12(19)20)8-5-9-10(18-23-17-9)6-11(8)22-15/h3-7,13-14,21H,1-2H3. The number of hydrogen-bond acceptors (Lipinski definition) is 7. The van der Waals surface area contributed by atoms with E-state index >= 15 is 0 Å². The average molecular weight is 314 g/mol. The Morgan fingerprint density at radius 1 is 1.26 bits per heavy atom. The van der Waals surface area contributed by atoms with Gasteiger partial charge in [-0.2, -0.15) is 0 Å². The van der Waals surface area contributed by atoms with Gasteiger partial charge in [0.25, 0.3) is 5.56 Å². The highest BCUT2D eigenvalue weighted by Crippen LogP contribution is 2.42. The normalized spacial score (nSPS) is 22.6. The Balaban J connectivity index is 2.01. The van der Waals surface area contributed by atoms with Crippen molar-refractivity contribution in [1.82, 2.24) is 19.9 Å². The van der Waals surface area contributed by atoms with Crippen LogP contribution in [-0.4, -0.2) is 36.7 Å². The van der Waals surface area contributed by atoms with Crippen molar-refractivity contribution in [1.29, 1.82) is 0 Å². The lowest BCUT2D eigenvalue weighted by atomic mass is 9.86. The smallest absolute Gasteiger partial charge is 0.269 e. The van der Waals surface area contributed by atoms with Crippen molar-refractivity contribution in [3.8, 4) is 5.75 Å². The van der Waals surface area contributed by atoms with Crippen molar-refractivity contribution in [3.63, 3.8) is 0 Å². The van der Waals surface area contributed by atoms with E-state index in [1.807, 2.05) is 0 Å². The second-order valence-electron chi connectivity index (χ2n) is 6.06. The molecule has 1 aliphatic rings. The molecule has 8 heteroatoms. The van der Waals surface area contributed by atoms with Crippen molar-refractivity contribution in [2.24, 2.45) is 0 Å². The highest BCUT2D eigenvalue weighted by molar-refractivity contribution is 5.77. The molecule has 0 bridgehead atoms. The van der Waals surface area contributed by atoms with Gasteiger partial charge in [-0.1, -0.05) is 0 Å². The molecule has 1 aliphatic heterocycles. The first kappa shape index (κ1) is 13.9. The van der Waals surface area contributed by atoms with Crippen LogP contribution < -0.4 is 10.3 Å². The molecule has 0 fully saturated rings. The molecule has 2 atom stereocenters. The fourth-order valence-electron chi connectivity index (χ4n) is 2.93. The Labute approximate surface area is 130 Å². The molecule has 0 spiro atoms. The number of rotatable bonds is 1. The first-order valence-corrected chi connectivity index (χ1v) is 7.13. The van der Waals surface area contributed by atoms with Crippen LogP contribution in [0.4, 0.5) is 0 Å². The van der Waals surface area contributed by atoms with Crippen LogP contribution in [0.2, 0.25) is 0 Å². The molecule has 0 saturated carbocycles. The summed E-state index contributed by atoms with van der Waals surface area (Å²) in [5.41, 5.74) is 0.542. The minimum Gasteiger partial charge on any atom is -0.485 e. The summed E-state index contributed by atoms with van der Waals surface area (Å²) in [6.45, 7) is 3.54. The maximum Gasteiger partial charge on any atom is 0.269 e. The number of benzene rings is 1. The van der Waals surface area contributed by atoms with E-state index < -0.39 is 17.7 Å². The minimum absolute atomic E-state index is 0.307. The largest absolute Gasteiger partial charge is 0.485 e. The predicted octanol–water partition coefficient (Wildman–Crippen LogP) is 0.901. The summed E-state index contributed by atoms with van der Waals surface area (Å²) in [5.74, 6) is 0.539. The van der Waals surface area contributed by atoms with Gasteiger partial charge in [0.1, 0.15) is 28.5 Å². The molecule has 1 aromatic carbocycles. The van der Waals surface area contributed by atoms with Gasteiger partial charge in [0.05, 0.1) is 12.2 Å². The third-order valence-corrected chi connectivity index (χ3v) is 4.14. The van der Waals surface area contributed by atoms with Crippen molar-refractivity contribution in [2.45, 2.75) is 31.6 Å². The van der Waals surface area contributed by atoms with Crippen molar-refractivity contribution >= 4 is 11.0 Å². The zero-order chi connectivity index (χ0) is 16.2. The van der Waals surface area contributed by atoms with E-state index in [0.717, 1.165) is 0 Å². The fourth-order valence-corrected chi connectivity index (χ4v) is 2.93. The van der Waals surface area contributed by atoms with E-state index in [9.17, 15) is 9.90 Å². The topological polar surface area (TPSA) is 103 Å². The lowest BCUT2D eigenvalue weighted by Crippen LogP contribution is -2.52. The lowest BCUT2D eigenvalue weighted by molar-refractivity contribution is -0.0641. The molecule has 23 heavy (non-hydrogen) atoms. The third-order valence-electron chi connectivity index (χ3n) is 4.14. The van der Waals surface area contributed by atoms with Gasteiger partial charge in [-0.15, -0.1) is 0 Å². The Morgan fingerprint density at radius 3 is 2.74 bits per heavy atom. The van der Waals surface area contributed by atoms with E-state index in [2.05, 4.69) is 15.3 Å². The number of ether oxygens (including phenoxy) is 1. The van der Waals surface area contributed by atoms with Crippen LogP contribution in [0.3, 0.4) is 0 Å². The molecule has 8 nitrogen and oxygen atoms in total. The number of aliphatic hydroxyl groups is 1. The molecule has 2 aromatic heterocycles. The summed E-state index contributed by atoms with van der Waals surface area (Å²) in [7, 11) is 0. The van der Waals surface area contributed by atoms with Gasteiger partial charge in [-0.3, -0.25) is 9.78 Å². The zero-order valence-corrected chi connectivity index (χ0v) is 12.5. The number of aromatic nitrogens is 4. The van der Waals surface area contributed by atoms with Gasteiger partial charge >= 0.3 is 0 Å². The van der Waals surface area contributed by atoms with Gasteiger partial charge in [0.2, 0.25) is 0 Å². The van der Waals surface area contributed by atoms with Crippen LogP contribution in [0.15, 0.2) is 40.1 Å². The van der Waals surface area contributed by atoms with E-state index in [0.29, 0.717) is 22.3 Å². The summed E-state index contributed by atoms with van der Waals surface area (Å²) >= 11 is 0. The summed E-state index contributed by atoms with van der Waals surface area (Å²) in [6.07, 6.45) is 3.33. The number of hydrogen-bond donors (Lipinski definition) is 1. The molecule has 118 valence electrons. The highest BCUT2D eigenvalue weighted by Gasteiger charge is 2.44. The Bertz CT molecular complexity index is 946.